The fraction of sp³-hybridized carbons (Fsp3) is 0.680. The van der Waals surface area contributed by atoms with Crippen LogP contribution in [0.15, 0.2) is 20.4 Å². The third-order valence-corrected chi connectivity index (χ3v) is 6.56. The number of nitrogens with one attached hydrogen (secondary N) is 4. The number of nitrogens with zero attached hydrogens (tertiary/aromatic N) is 2. The van der Waals surface area contributed by atoms with Crippen molar-refractivity contribution in [3.63, 3.8) is 0 Å². The van der Waals surface area contributed by atoms with E-state index in [2.05, 4.69) is 49.4 Å². The predicted molar refractivity (Wildman–Crippen MR) is 148 cm³/mol. The van der Waals surface area contributed by atoms with E-state index in [4.69, 9.17) is 10.5 Å². The lowest BCUT2D eigenvalue weighted by atomic mass is 10.1. The number of allylic oxidation sites excluding steroid dienone is 4. The quantitative estimate of drug-likeness (QED) is 0.0821. The summed E-state index contributed by atoms with van der Waals surface area (Å²) >= 11 is 4.95. The number of alkyl halides is 6. The summed E-state index contributed by atoms with van der Waals surface area (Å²) in [5, 5.41) is 24.9. The Labute approximate surface area is 252 Å². The summed E-state index contributed by atoms with van der Waals surface area (Å²) in [5.41, 5.74) is -2.79. The molecule has 4 N–H and O–H groups in total. The summed E-state index contributed by atoms with van der Waals surface area (Å²) in [6, 6.07) is 0.623. The van der Waals surface area contributed by atoms with Gasteiger partial charge in [-0.2, -0.15) is 36.9 Å². The van der Waals surface area contributed by atoms with Crippen LogP contribution in [0.25, 0.3) is 0 Å². The normalized spacial score (nSPS) is 14.2. The van der Waals surface area contributed by atoms with Crippen molar-refractivity contribution in [3.05, 3.63) is 20.4 Å². The first-order chi connectivity index (χ1) is 19.2. The Morgan fingerprint density at radius 1 is 0.732 bits per heavy atom. The first-order valence-electron chi connectivity index (χ1n) is 13.0. The lowest BCUT2D eigenvalue weighted by Gasteiger charge is -2.14. The largest absolute Gasteiger partial charge is 0.433 e. The molecular formula is C25H34Br2F6N6O2. The molecule has 0 radical (unpaired) electrons. The van der Waals surface area contributed by atoms with Crippen molar-refractivity contribution < 1.29 is 35.9 Å². The molecule has 0 aromatic carbocycles. The highest BCUT2D eigenvalue weighted by Crippen LogP contribution is 2.29. The standard InChI is InChI=1S/C17H27BrF3N3O.C8H7BrF3N3O/c1-2-3-4-5-6-7-8-9-10-11-12-23-16(25)24-15(14(18)13-22)17(19,20)21;9-5(3-13)6(8(10,11)12)15-7(16)14-4-1-2-4/h2-12H2,1H3,(H2,23,24,25);4H,1-2H2,(H2,14,15,16). The zero-order valence-electron chi connectivity index (χ0n) is 22.5. The highest BCUT2D eigenvalue weighted by molar-refractivity contribution is 9.12. The first kappa shape index (κ1) is 38.5. The summed E-state index contributed by atoms with van der Waals surface area (Å²) < 4.78 is 73.7. The summed E-state index contributed by atoms with van der Waals surface area (Å²) in [4.78, 5) is 22.6. The Balaban J connectivity index is 0.000000856. The van der Waals surface area contributed by atoms with E-state index < -0.39 is 44.8 Å². The van der Waals surface area contributed by atoms with Gasteiger partial charge < -0.3 is 21.3 Å². The van der Waals surface area contributed by atoms with Crippen LogP contribution in [-0.2, 0) is 0 Å². The fourth-order valence-corrected chi connectivity index (χ4v) is 3.79. The van der Waals surface area contributed by atoms with E-state index in [0.717, 1.165) is 32.1 Å². The second-order valence-electron chi connectivity index (χ2n) is 9.03. The van der Waals surface area contributed by atoms with Crippen molar-refractivity contribution in [3.8, 4) is 12.1 Å². The highest BCUT2D eigenvalue weighted by atomic mass is 79.9. The first-order valence-corrected chi connectivity index (χ1v) is 14.6. The van der Waals surface area contributed by atoms with Crippen molar-refractivity contribution in [1.82, 2.24) is 21.3 Å². The van der Waals surface area contributed by atoms with Gasteiger partial charge in [0.1, 0.15) is 32.5 Å². The lowest BCUT2D eigenvalue weighted by molar-refractivity contribution is -0.0963. The van der Waals surface area contributed by atoms with Gasteiger partial charge in [-0.25, -0.2) is 9.59 Å². The van der Waals surface area contributed by atoms with Crippen molar-refractivity contribution in [2.75, 3.05) is 6.54 Å². The second kappa shape index (κ2) is 20.4. The van der Waals surface area contributed by atoms with E-state index in [1.807, 2.05) is 0 Å². The number of halogens is 8. The number of amides is 4. The van der Waals surface area contributed by atoms with Crippen LogP contribution in [0, 0.1) is 22.7 Å². The van der Waals surface area contributed by atoms with Crippen LogP contribution in [0.2, 0.25) is 0 Å². The zero-order chi connectivity index (χ0) is 31.5. The maximum atomic E-state index is 12.7. The molecule has 1 aliphatic rings. The molecule has 0 heterocycles. The van der Waals surface area contributed by atoms with Crippen LogP contribution in [0.4, 0.5) is 35.9 Å². The number of carbonyl (C=O) groups is 2. The molecule has 1 rings (SSSR count). The van der Waals surface area contributed by atoms with Crippen LogP contribution < -0.4 is 21.3 Å². The molecule has 0 atom stereocenters. The van der Waals surface area contributed by atoms with Gasteiger partial charge in [0.25, 0.3) is 0 Å². The third-order valence-electron chi connectivity index (χ3n) is 5.41. The maximum absolute atomic E-state index is 12.7. The highest BCUT2D eigenvalue weighted by Gasteiger charge is 2.39. The third kappa shape index (κ3) is 19.3. The zero-order valence-corrected chi connectivity index (χ0v) is 25.7. The number of nitriles is 2. The van der Waals surface area contributed by atoms with Crippen LogP contribution >= 0.6 is 31.9 Å². The molecule has 16 heteroatoms. The van der Waals surface area contributed by atoms with Gasteiger partial charge in [-0.3, -0.25) is 0 Å². The Hall–Kier alpha value is -2.46. The molecule has 4 amide bonds. The van der Waals surface area contributed by atoms with Crippen LogP contribution in [0.3, 0.4) is 0 Å². The van der Waals surface area contributed by atoms with Crippen LogP contribution in [0.1, 0.15) is 84.0 Å². The molecule has 41 heavy (non-hydrogen) atoms. The molecule has 0 spiro atoms. The van der Waals surface area contributed by atoms with Gasteiger partial charge in [0.05, 0.1) is 0 Å². The number of hydrogen-bond acceptors (Lipinski definition) is 4. The van der Waals surface area contributed by atoms with E-state index in [9.17, 15) is 35.9 Å². The molecule has 0 aromatic heterocycles. The molecule has 0 bridgehead atoms. The number of urea groups is 2. The monoisotopic (exact) mass is 722 g/mol. The molecule has 0 aliphatic heterocycles. The van der Waals surface area contributed by atoms with Gasteiger partial charge in [-0.05, 0) is 51.1 Å². The minimum absolute atomic E-state index is 0.0599. The molecule has 0 saturated heterocycles. The van der Waals surface area contributed by atoms with Crippen molar-refractivity contribution in [1.29, 1.82) is 10.5 Å². The summed E-state index contributed by atoms with van der Waals surface area (Å²) in [7, 11) is 0. The predicted octanol–water partition coefficient (Wildman–Crippen LogP) is 8.04. The van der Waals surface area contributed by atoms with Crippen molar-refractivity contribution in [2.45, 2.75) is 102 Å². The van der Waals surface area contributed by atoms with E-state index in [1.165, 1.54) is 50.7 Å². The van der Waals surface area contributed by atoms with Gasteiger partial charge in [-0.15, -0.1) is 0 Å². The molecule has 1 aliphatic carbocycles. The van der Waals surface area contributed by atoms with E-state index in [0.29, 0.717) is 13.0 Å². The van der Waals surface area contributed by atoms with Gasteiger partial charge in [-0.1, -0.05) is 64.7 Å². The molecule has 8 nitrogen and oxygen atoms in total. The van der Waals surface area contributed by atoms with Crippen molar-refractivity contribution >= 4 is 43.9 Å². The fourth-order valence-electron chi connectivity index (χ4n) is 3.15. The number of carbonyl (C=O) groups excluding carboxylic acids is 2. The number of hydrogen-bond donors (Lipinski definition) is 4. The Kier molecular flexibility index (Phi) is 19.2. The van der Waals surface area contributed by atoms with Gasteiger partial charge in [0.15, 0.2) is 0 Å². The Morgan fingerprint density at radius 3 is 1.49 bits per heavy atom. The second-order valence-corrected chi connectivity index (χ2v) is 10.6. The number of rotatable bonds is 14. The van der Waals surface area contributed by atoms with Gasteiger partial charge in [0, 0.05) is 12.6 Å². The SMILES string of the molecule is CCCCCCCCCCCCNC(=O)NC(=C(Br)C#N)C(F)(F)F.N#CC(Br)=C(NC(=O)NC1CC1)C(F)(F)F. The molecule has 0 aromatic rings. The molecule has 1 saturated carbocycles. The summed E-state index contributed by atoms with van der Waals surface area (Å²) in [6.45, 7) is 2.49. The Morgan fingerprint density at radius 2 is 1.12 bits per heavy atom. The summed E-state index contributed by atoms with van der Waals surface area (Å²) in [5.74, 6) is 0. The van der Waals surface area contributed by atoms with Crippen molar-refractivity contribution in [2.24, 2.45) is 0 Å². The average molecular weight is 724 g/mol. The maximum Gasteiger partial charge on any atom is 0.433 e. The minimum Gasteiger partial charge on any atom is -0.338 e. The van der Waals surface area contributed by atoms with Gasteiger partial charge >= 0.3 is 24.4 Å². The molecule has 1 fully saturated rings. The van der Waals surface area contributed by atoms with E-state index in [1.54, 1.807) is 10.6 Å². The minimum atomic E-state index is -4.80. The van der Waals surface area contributed by atoms with Gasteiger partial charge in [0.2, 0.25) is 0 Å². The summed E-state index contributed by atoms with van der Waals surface area (Å²) in [6.07, 6.45) is 3.37. The lowest BCUT2D eigenvalue weighted by Crippen LogP contribution is -2.40. The molecule has 232 valence electrons. The topological polar surface area (TPSA) is 130 Å². The van der Waals surface area contributed by atoms with E-state index >= 15 is 0 Å². The van der Waals surface area contributed by atoms with E-state index in [-0.39, 0.29) is 6.04 Å². The van der Waals surface area contributed by atoms with Crippen LogP contribution in [-0.4, -0.2) is 37.0 Å². The number of unbranched alkanes of at least 4 members (excludes halogenated alkanes) is 9. The van der Waals surface area contributed by atoms with Crippen LogP contribution in [0.5, 0.6) is 0 Å². The smallest absolute Gasteiger partial charge is 0.338 e. The molecule has 0 unspecified atom stereocenters. The Bertz CT molecular complexity index is 983. The molecular weight excluding hydrogens is 690 g/mol. The average Bonchev–Trinajstić information content (AvgIpc) is 3.71.